The van der Waals surface area contributed by atoms with Crippen molar-refractivity contribution in [3.8, 4) is 45.0 Å². The monoisotopic (exact) mass is 629 g/mol. The third kappa shape index (κ3) is 4.36. The van der Waals surface area contributed by atoms with Crippen LogP contribution in [-0.4, -0.2) is 9.97 Å². The van der Waals surface area contributed by atoms with Gasteiger partial charge in [0.15, 0.2) is 11.5 Å². The Balaban J connectivity index is 1.17. The second kappa shape index (κ2) is 10.7. The molecular formula is C45H31N3O. The lowest BCUT2D eigenvalue weighted by atomic mass is 9.67. The average Bonchev–Trinajstić information content (AvgIpc) is 3.66. The maximum Gasteiger partial charge on any atom is 0.187 e. The number of hydrogen-bond acceptors (Lipinski definition) is 3. The number of hydrogen-bond donors (Lipinski definition) is 0. The molecule has 6 aromatic carbocycles. The van der Waals surface area contributed by atoms with E-state index in [1.54, 1.807) is 0 Å². The van der Waals surface area contributed by atoms with Crippen LogP contribution in [0.1, 0.15) is 43.2 Å². The maximum absolute atomic E-state index is 7.68. The number of benzene rings is 6. The van der Waals surface area contributed by atoms with Gasteiger partial charge in [-0.25, -0.2) is 14.8 Å². The van der Waals surface area contributed by atoms with Crippen molar-refractivity contribution in [2.75, 3.05) is 0 Å². The van der Waals surface area contributed by atoms with E-state index in [1.165, 1.54) is 46.9 Å². The molecule has 10 rings (SSSR count). The van der Waals surface area contributed by atoms with Gasteiger partial charge >= 0.3 is 0 Å². The van der Waals surface area contributed by atoms with E-state index >= 15 is 0 Å². The molecule has 1 spiro atoms. The fourth-order valence-corrected chi connectivity index (χ4v) is 8.50. The lowest BCUT2D eigenvalue weighted by Crippen LogP contribution is -2.28. The smallest absolute Gasteiger partial charge is 0.187 e. The summed E-state index contributed by atoms with van der Waals surface area (Å²) in [5.41, 5.74) is 12.4. The molecule has 2 heterocycles. The fraction of sp³-hybridized carbons (Fsp3) is 0.133. The minimum Gasteiger partial charge on any atom is -0.456 e. The van der Waals surface area contributed by atoms with Crippen LogP contribution < -0.4 is 0 Å². The van der Waals surface area contributed by atoms with E-state index in [2.05, 4.69) is 108 Å². The van der Waals surface area contributed by atoms with Crippen LogP contribution >= 0.6 is 0 Å². The van der Waals surface area contributed by atoms with Gasteiger partial charge in [-0.3, -0.25) is 0 Å². The van der Waals surface area contributed by atoms with Crippen LogP contribution in [0.2, 0.25) is 0 Å². The predicted octanol–water partition coefficient (Wildman–Crippen LogP) is 12.3. The van der Waals surface area contributed by atoms with Gasteiger partial charge in [0.05, 0.1) is 18.0 Å². The van der Waals surface area contributed by atoms with Gasteiger partial charge in [-0.15, -0.1) is 0 Å². The van der Waals surface area contributed by atoms with Crippen molar-refractivity contribution in [2.45, 2.75) is 37.5 Å². The molecule has 0 saturated heterocycles. The number of furan rings is 1. The molecule has 0 amide bonds. The normalized spacial score (nSPS) is 14.7. The SMILES string of the molecule is [C-]#[N+]c1ccc2c(c1)-c1ccc(-c3cc(-c4ccc5c(c4)oc4ccccc45)nc(-c4ccc5ccccc5c4)n3)cc1C21CCCCC1. The van der Waals surface area contributed by atoms with Crippen molar-refractivity contribution in [3.63, 3.8) is 0 Å². The highest BCUT2D eigenvalue weighted by atomic mass is 16.3. The molecule has 4 nitrogen and oxygen atoms in total. The molecule has 0 unspecified atom stereocenters. The summed E-state index contributed by atoms with van der Waals surface area (Å²) >= 11 is 0. The molecule has 49 heavy (non-hydrogen) atoms. The highest BCUT2D eigenvalue weighted by molar-refractivity contribution is 6.05. The van der Waals surface area contributed by atoms with Crippen molar-refractivity contribution >= 4 is 38.4 Å². The van der Waals surface area contributed by atoms with Crippen LogP contribution in [0.15, 0.2) is 132 Å². The lowest BCUT2D eigenvalue weighted by Gasteiger charge is -2.36. The first-order valence-electron chi connectivity index (χ1n) is 17.1. The standard InChI is InChI=1S/C45H31N3O/c1-46-33-17-20-38-37(26-33)34-18-15-30(24-39(34)45(38)21-7-2-8-22-45)40-27-41(31-16-19-36-35-11-5-6-12-42(35)49-43(36)25-31)48-44(47-40)32-14-13-28-9-3-4-10-29(28)23-32/h3-6,9-20,23-27H,2,7-8,21-22H2. The summed E-state index contributed by atoms with van der Waals surface area (Å²) in [4.78, 5) is 14.2. The Labute approximate surface area is 284 Å². The predicted molar refractivity (Wildman–Crippen MR) is 199 cm³/mol. The minimum atomic E-state index is -0.0250. The summed E-state index contributed by atoms with van der Waals surface area (Å²) in [5, 5.41) is 4.56. The average molecular weight is 630 g/mol. The molecule has 0 aliphatic heterocycles. The summed E-state index contributed by atoms with van der Waals surface area (Å²) in [6.07, 6.45) is 5.95. The summed E-state index contributed by atoms with van der Waals surface area (Å²) in [5.74, 6) is 0.695. The first-order valence-corrected chi connectivity index (χ1v) is 17.1. The lowest BCUT2D eigenvalue weighted by molar-refractivity contribution is 0.353. The van der Waals surface area contributed by atoms with Crippen LogP contribution in [0.3, 0.4) is 0 Å². The van der Waals surface area contributed by atoms with E-state index in [9.17, 15) is 0 Å². The molecule has 8 aromatic rings. The summed E-state index contributed by atoms with van der Waals surface area (Å²) in [6.45, 7) is 7.68. The second-order valence-electron chi connectivity index (χ2n) is 13.6. The van der Waals surface area contributed by atoms with E-state index in [0.29, 0.717) is 11.5 Å². The third-order valence-electron chi connectivity index (χ3n) is 10.9. The highest BCUT2D eigenvalue weighted by Crippen LogP contribution is 2.57. The highest BCUT2D eigenvalue weighted by Gasteiger charge is 2.43. The van der Waals surface area contributed by atoms with Crippen molar-refractivity contribution in [1.82, 2.24) is 9.97 Å². The first kappa shape index (κ1) is 28.0. The van der Waals surface area contributed by atoms with Crippen LogP contribution in [0.5, 0.6) is 0 Å². The first-order chi connectivity index (χ1) is 24.2. The molecule has 232 valence electrons. The zero-order valence-electron chi connectivity index (χ0n) is 26.9. The molecule has 2 aliphatic carbocycles. The molecular weight excluding hydrogens is 599 g/mol. The number of rotatable bonds is 3. The van der Waals surface area contributed by atoms with E-state index < -0.39 is 0 Å². The van der Waals surface area contributed by atoms with Crippen molar-refractivity contribution in [3.05, 3.63) is 150 Å². The van der Waals surface area contributed by atoms with Gasteiger partial charge in [0.2, 0.25) is 0 Å². The maximum atomic E-state index is 7.68. The zero-order valence-corrected chi connectivity index (χ0v) is 26.9. The summed E-state index contributed by atoms with van der Waals surface area (Å²) in [6, 6.07) is 44.8. The molecule has 2 aromatic heterocycles. The quantitative estimate of drug-likeness (QED) is 0.183. The summed E-state index contributed by atoms with van der Waals surface area (Å²) < 4.78 is 6.29. The molecule has 2 aliphatic rings. The second-order valence-corrected chi connectivity index (χ2v) is 13.6. The molecule has 0 radical (unpaired) electrons. The molecule has 0 N–H and O–H groups in total. The van der Waals surface area contributed by atoms with E-state index in [1.807, 2.05) is 24.3 Å². The van der Waals surface area contributed by atoms with Crippen LogP contribution in [0.4, 0.5) is 5.69 Å². The van der Waals surface area contributed by atoms with Crippen molar-refractivity contribution in [1.29, 1.82) is 0 Å². The zero-order chi connectivity index (χ0) is 32.5. The Morgan fingerprint density at radius 1 is 0.551 bits per heavy atom. The Hall–Kier alpha value is -6.05. The summed E-state index contributed by atoms with van der Waals surface area (Å²) in [7, 11) is 0. The van der Waals surface area contributed by atoms with Crippen molar-refractivity contribution in [2.24, 2.45) is 0 Å². The van der Waals surface area contributed by atoms with Crippen LogP contribution in [0.25, 0.3) is 82.6 Å². The van der Waals surface area contributed by atoms with Gasteiger partial charge in [-0.2, -0.15) is 0 Å². The van der Waals surface area contributed by atoms with E-state index in [0.717, 1.165) is 68.2 Å². The molecule has 0 bridgehead atoms. The molecule has 1 fully saturated rings. The van der Waals surface area contributed by atoms with Gasteiger partial charge in [-0.05, 0) is 88.3 Å². The molecule has 4 heteroatoms. The Kier molecular flexibility index (Phi) is 6.14. The number of fused-ring (bicyclic) bond motifs is 9. The van der Waals surface area contributed by atoms with Gasteiger partial charge in [-0.1, -0.05) is 104 Å². The van der Waals surface area contributed by atoms with E-state index in [4.69, 9.17) is 21.0 Å². The fourth-order valence-electron chi connectivity index (χ4n) is 8.50. The van der Waals surface area contributed by atoms with Crippen LogP contribution in [0, 0.1) is 6.57 Å². The number of aromatic nitrogens is 2. The van der Waals surface area contributed by atoms with Gasteiger partial charge in [0.1, 0.15) is 11.2 Å². The third-order valence-corrected chi connectivity index (χ3v) is 10.9. The van der Waals surface area contributed by atoms with E-state index in [-0.39, 0.29) is 5.41 Å². The van der Waals surface area contributed by atoms with Crippen molar-refractivity contribution < 1.29 is 4.42 Å². The number of para-hydroxylation sites is 1. The Morgan fingerprint density at radius 3 is 2.14 bits per heavy atom. The molecule has 0 atom stereocenters. The number of nitrogens with zero attached hydrogens (tertiary/aromatic N) is 3. The van der Waals surface area contributed by atoms with Crippen LogP contribution in [-0.2, 0) is 5.41 Å². The molecule has 1 saturated carbocycles. The topological polar surface area (TPSA) is 43.3 Å². The Bertz CT molecular complexity index is 2670. The van der Waals surface area contributed by atoms with Gasteiger partial charge < -0.3 is 4.42 Å². The minimum absolute atomic E-state index is 0.0250. The van der Waals surface area contributed by atoms with Gasteiger partial charge in [0.25, 0.3) is 0 Å². The largest absolute Gasteiger partial charge is 0.456 e. The van der Waals surface area contributed by atoms with Gasteiger partial charge in [0, 0.05) is 32.9 Å². The Morgan fingerprint density at radius 2 is 1.29 bits per heavy atom.